The third kappa shape index (κ3) is 2.87. The van der Waals surface area contributed by atoms with Crippen LogP contribution in [-0.4, -0.2) is 16.9 Å². The van der Waals surface area contributed by atoms with Gasteiger partial charge in [0.15, 0.2) is 0 Å². The van der Waals surface area contributed by atoms with E-state index in [0.717, 1.165) is 12.2 Å². The van der Waals surface area contributed by atoms with Gasteiger partial charge in [0.05, 0.1) is 7.11 Å². The van der Waals surface area contributed by atoms with Gasteiger partial charge in [0, 0.05) is 18.4 Å². The molecular formula is C14H18N2O. The maximum Gasteiger partial charge on any atom is 0.120 e. The zero-order valence-electron chi connectivity index (χ0n) is 10.6. The molecule has 1 aromatic rings. The van der Waals surface area contributed by atoms with Crippen LogP contribution in [0.2, 0.25) is 0 Å². The molecule has 0 saturated carbocycles. The van der Waals surface area contributed by atoms with Gasteiger partial charge in [-0.3, -0.25) is 4.68 Å². The van der Waals surface area contributed by atoms with Crippen LogP contribution in [0, 0.1) is 0 Å². The highest BCUT2D eigenvalue weighted by Crippen LogP contribution is 2.39. The molecule has 2 aliphatic rings. The number of aromatic nitrogens is 2. The average molecular weight is 230 g/mol. The van der Waals surface area contributed by atoms with Crippen molar-refractivity contribution in [1.29, 1.82) is 0 Å². The Balaban J connectivity index is 0.000000127. The van der Waals surface area contributed by atoms with Gasteiger partial charge in [0.2, 0.25) is 0 Å². The highest BCUT2D eigenvalue weighted by molar-refractivity contribution is 5.83. The van der Waals surface area contributed by atoms with Gasteiger partial charge in [-0.05, 0) is 48.7 Å². The summed E-state index contributed by atoms with van der Waals surface area (Å²) in [5.41, 5.74) is 2.67. The predicted octanol–water partition coefficient (Wildman–Crippen LogP) is 3.53. The molecule has 3 rings (SSSR count). The summed E-state index contributed by atoms with van der Waals surface area (Å²) in [7, 11) is 1.69. The maximum absolute atomic E-state index is 4.96. The monoisotopic (exact) mass is 230 g/mol. The van der Waals surface area contributed by atoms with Gasteiger partial charge in [-0.2, -0.15) is 5.10 Å². The summed E-state index contributed by atoms with van der Waals surface area (Å²) < 4.78 is 6.93. The first-order valence-corrected chi connectivity index (χ1v) is 5.93. The van der Waals surface area contributed by atoms with Crippen LogP contribution in [0.1, 0.15) is 26.3 Å². The second kappa shape index (κ2) is 5.04. The maximum atomic E-state index is 4.96. The summed E-state index contributed by atoms with van der Waals surface area (Å²) in [5, 5.41) is 4.10. The molecule has 2 aliphatic carbocycles. The van der Waals surface area contributed by atoms with E-state index in [9.17, 15) is 0 Å². The molecule has 0 fully saturated rings. The van der Waals surface area contributed by atoms with Gasteiger partial charge in [-0.15, -0.1) is 0 Å². The molecule has 0 saturated heterocycles. The lowest BCUT2D eigenvalue weighted by Crippen LogP contribution is -2.03. The van der Waals surface area contributed by atoms with Crippen molar-refractivity contribution in [2.45, 2.75) is 26.3 Å². The fourth-order valence-corrected chi connectivity index (χ4v) is 1.58. The fraction of sp³-hybridized carbons (Fsp3) is 0.357. The van der Waals surface area contributed by atoms with Crippen LogP contribution in [0.5, 0.6) is 5.75 Å². The number of hydrogen-bond donors (Lipinski definition) is 0. The minimum absolute atomic E-state index is 0.542. The Kier molecular flexibility index (Phi) is 3.47. The van der Waals surface area contributed by atoms with E-state index in [1.54, 1.807) is 7.11 Å². The Bertz CT molecular complexity index is 457. The molecule has 0 radical (unpaired) electrons. The van der Waals surface area contributed by atoms with Gasteiger partial charge >= 0.3 is 0 Å². The Hall–Kier alpha value is -1.77. The Labute approximate surface area is 102 Å². The SMILES string of the molecule is CCC(C)n1cccn1.COc1cc2cc-2c1. The van der Waals surface area contributed by atoms with Crippen molar-refractivity contribution in [1.82, 2.24) is 9.78 Å². The molecule has 0 N–H and O–H groups in total. The third-order valence-electron chi connectivity index (χ3n) is 2.96. The van der Waals surface area contributed by atoms with E-state index in [0.29, 0.717) is 6.04 Å². The zero-order chi connectivity index (χ0) is 12.3. The first-order chi connectivity index (χ1) is 8.24. The summed E-state index contributed by atoms with van der Waals surface area (Å²) in [6.45, 7) is 4.32. The van der Waals surface area contributed by atoms with E-state index < -0.39 is 0 Å². The minimum Gasteiger partial charge on any atom is -0.497 e. The number of methoxy groups -OCH3 is 1. The number of nitrogens with zero attached hydrogens (tertiary/aromatic N) is 2. The lowest BCUT2D eigenvalue weighted by atomic mass is 10.3. The molecule has 0 amide bonds. The van der Waals surface area contributed by atoms with Gasteiger partial charge in [0.25, 0.3) is 0 Å². The topological polar surface area (TPSA) is 27.1 Å². The molecular weight excluding hydrogens is 212 g/mol. The van der Waals surface area contributed by atoms with Crippen molar-refractivity contribution in [3.05, 3.63) is 36.7 Å². The van der Waals surface area contributed by atoms with E-state index in [-0.39, 0.29) is 0 Å². The van der Waals surface area contributed by atoms with Crippen LogP contribution >= 0.6 is 0 Å². The number of ether oxygens (including phenoxy) is 1. The van der Waals surface area contributed by atoms with E-state index in [1.807, 2.05) is 35.3 Å². The largest absolute Gasteiger partial charge is 0.497 e. The summed E-state index contributed by atoms with van der Waals surface area (Å²) in [6.07, 6.45) is 4.95. The molecule has 0 aliphatic heterocycles. The summed E-state index contributed by atoms with van der Waals surface area (Å²) in [5.74, 6) is 0.984. The van der Waals surface area contributed by atoms with E-state index >= 15 is 0 Å². The van der Waals surface area contributed by atoms with Crippen LogP contribution in [-0.2, 0) is 0 Å². The van der Waals surface area contributed by atoms with E-state index in [2.05, 4.69) is 25.0 Å². The van der Waals surface area contributed by atoms with Crippen LogP contribution in [0.3, 0.4) is 0 Å². The van der Waals surface area contributed by atoms with Crippen LogP contribution < -0.4 is 4.74 Å². The molecule has 1 aromatic heterocycles. The van der Waals surface area contributed by atoms with Gasteiger partial charge in [-0.1, -0.05) is 6.92 Å². The van der Waals surface area contributed by atoms with E-state index in [1.165, 1.54) is 11.1 Å². The van der Waals surface area contributed by atoms with Crippen molar-refractivity contribution in [2.75, 3.05) is 7.11 Å². The standard InChI is InChI=1S/C7H12N2.C7H6O/c1-3-7(2)9-6-4-5-8-9;1-8-7-3-5-2-6(5)4-7/h4-7H,3H2,1-2H3;2-4H,1H3. The van der Waals surface area contributed by atoms with Crippen LogP contribution in [0.25, 0.3) is 11.1 Å². The number of rotatable bonds is 3. The summed E-state index contributed by atoms with van der Waals surface area (Å²) in [6, 6.07) is 8.69. The van der Waals surface area contributed by atoms with Crippen molar-refractivity contribution in [3.8, 4) is 16.9 Å². The molecule has 1 atom stereocenters. The molecule has 1 unspecified atom stereocenters. The molecule has 3 heteroatoms. The van der Waals surface area contributed by atoms with Gasteiger partial charge < -0.3 is 4.74 Å². The molecule has 0 bridgehead atoms. The minimum atomic E-state index is 0.542. The highest BCUT2D eigenvalue weighted by atomic mass is 16.5. The van der Waals surface area contributed by atoms with Crippen molar-refractivity contribution >= 4 is 0 Å². The van der Waals surface area contributed by atoms with Crippen molar-refractivity contribution in [3.63, 3.8) is 0 Å². The average Bonchev–Trinajstić information content (AvgIpc) is 2.83. The Morgan fingerprint density at radius 1 is 1.29 bits per heavy atom. The van der Waals surface area contributed by atoms with Crippen LogP contribution in [0.4, 0.5) is 0 Å². The quantitative estimate of drug-likeness (QED) is 0.688. The first kappa shape index (κ1) is 11.7. The lowest BCUT2D eigenvalue weighted by Gasteiger charge is -2.06. The van der Waals surface area contributed by atoms with Crippen molar-refractivity contribution in [2.24, 2.45) is 0 Å². The second-order valence-corrected chi connectivity index (χ2v) is 4.19. The Morgan fingerprint density at radius 2 is 2.00 bits per heavy atom. The molecule has 1 heterocycles. The Morgan fingerprint density at radius 3 is 2.41 bits per heavy atom. The number of benzene rings is 1. The first-order valence-electron chi connectivity index (χ1n) is 5.93. The van der Waals surface area contributed by atoms with E-state index in [4.69, 9.17) is 4.74 Å². The van der Waals surface area contributed by atoms with Crippen molar-refractivity contribution < 1.29 is 4.74 Å². The summed E-state index contributed by atoms with van der Waals surface area (Å²) >= 11 is 0. The highest BCUT2D eigenvalue weighted by Gasteiger charge is 2.13. The second-order valence-electron chi connectivity index (χ2n) is 4.19. The van der Waals surface area contributed by atoms with Gasteiger partial charge in [-0.25, -0.2) is 0 Å². The number of fused-ring (bicyclic) bond motifs is 1. The fourth-order valence-electron chi connectivity index (χ4n) is 1.58. The molecule has 17 heavy (non-hydrogen) atoms. The predicted molar refractivity (Wildman–Crippen MR) is 69.2 cm³/mol. The molecule has 90 valence electrons. The number of hydrogen-bond acceptors (Lipinski definition) is 2. The normalized spacial score (nSPS) is 12.4. The smallest absolute Gasteiger partial charge is 0.120 e. The van der Waals surface area contributed by atoms with Crippen LogP contribution in [0.15, 0.2) is 36.7 Å². The third-order valence-corrected chi connectivity index (χ3v) is 2.96. The molecule has 0 spiro atoms. The lowest BCUT2D eigenvalue weighted by molar-refractivity contribution is 0.416. The zero-order valence-corrected chi connectivity index (χ0v) is 10.6. The molecule has 0 aromatic carbocycles. The summed E-state index contributed by atoms with van der Waals surface area (Å²) in [4.78, 5) is 0. The van der Waals surface area contributed by atoms with Gasteiger partial charge in [0.1, 0.15) is 5.75 Å². The molecule has 3 nitrogen and oxygen atoms in total.